The molecule has 0 aliphatic rings. The maximum Gasteiger partial charge on any atom is 0.417 e. The summed E-state index contributed by atoms with van der Waals surface area (Å²) in [5.74, 6) is 0. The van der Waals surface area contributed by atoms with Crippen molar-refractivity contribution in [3.05, 3.63) is 0 Å². The van der Waals surface area contributed by atoms with E-state index in [4.69, 9.17) is 10.00 Å². The predicted molar refractivity (Wildman–Crippen MR) is 61.3 cm³/mol. The van der Waals surface area contributed by atoms with Crippen molar-refractivity contribution < 1.29 is 9.53 Å². The zero-order valence-corrected chi connectivity index (χ0v) is 10.5. The fraction of sp³-hybridized carbons (Fsp3) is 0.800. The number of carbonyl (C=O) groups is 1. The van der Waals surface area contributed by atoms with Crippen molar-refractivity contribution in [1.82, 2.24) is 4.72 Å². The topological polar surface area (TPSA) is 62.1 Å². The average molecular weight is 230 g/mol. The molecule has 5 heteroatoms. The van der Waals surface area contributed by atoms with E-state index in [0.717, 1.165) is 6.42 Å². The molecule has 0 aliphatic carbocycles. The molecular weight excluding hydrogens is 212 g/mol. The highest BCUT2D eigenvalue weighted by atomic mass is 32.2. The van der Waals surface area contributed by atoms with E-state index < -0.39 is 11.7 Å². The molecule has 0 aromatic rings. The van der Waals surface area contributed by atoms with E-state index in [-0.39, 0.29) is 5.25 Å². The van der Waals surface area contributed by atoms with E-state index in [9.17, 15) is 4.79 Å². The summed E-state index contributed by atoms with van der Waals surface area (Å²) < 4.78 is 7.65. The predicted octanol–water partition coefficient (Wildman–Crippen LogP) is 2.85. The summed E-state index contributed by atoms with van der Waals surface area (Å²) >= 11 is 1.29. The van der Waals surface area contributed by atoms with Crippen LogP contribution in [0, 0.1) is 11.3 Å². The summed E-state index contributed by atoms with van der Waals surface area (Å²) in [6.45, 7) is 7.41. The van der Waals surface area contributed by atoms with Crippen molar-refractivity contribution in [3.63, 3.8) is 0 Å². The maximum atomic E-state index is 11.2. The number of amides is 1. The molecule has 4 nitrogen and oxygen atoms in total. The minimum Gasteiger partial charge on any atom is -0.443 e. The van der Waals surface area contributed by atoms with Gasteiger partial charge in [0.1, 0.15) is 5.60 Å². The Balaban J connectivity index is 3.68. The van der Waals surface area contributed by atoms with Crippen LogP contribution in [0.5, 0.6) is 0 Å². The van der Waals surface area contributed by atoms with Gasteiger partial charge in [-0.15, -0.1) is 0 Å². The van der Waals surface area contributed by atoms with Crippen molar-refractivity contribution in [2.24, 2.45) is 0 Å². The molecule has 0 fully saturated rings. The van der Waals surface area contributed by atoms with Crippen LogP contribution < -0.4 is 4.72 Å². The van der Waals surface area contributed by atoms with E-state index >= 15 is 0 Å². The van der Waals surface area contributed by atoms with Gasteiger partial charge in [0, 0.05) is 11.7 Å². The minimum absolute atomic E-state index is 0.220. The number of rotatable bonds is 4. The summed E-state index contributed by atoms with van der Waals surface area (Å²) in [5.41, 5.74) is -0.472. The maximum absolute atomic E-state index is 11.2. The SMILES string of the molecule is CC(CCC#N)SNC(=O)OC(C)(C)C. The molecule has 1 atom stereocenters. The lowest BCUT2D eigenvalue weighted by Gasteiger charge is -2.20. The number of hydrogen-bond donors (Lipinski definition) is 1. The fourth-order valence-electron chi connectivity index (χ4n) is 0.774. The molecule has 0 bridgehead atoms. The van der Waals surface area contributed by atoms with E-state index in [1.165, 1.54) is 11.9 Å². The first-order valence-electron chi connectivity index (χ1n) is 4.86. The molecule has 0 aromatic heterocycles. The molecule has 0 rings (SSSR count). The van der Waals surface area contributed by atoms with Crippen LogP contribution in [0.25, 0.3) is 0 Å². The van der Waals surface area contributed by atoms with Crippen LogP contribution in [0.2, 0.25) is 0 Å². The monoisotopic (exact) mass is 230 g/mol. The summed E-state index contributed by atoms with van der Waals surface area (Å²) in [4.78, 5) is 11.2. The number of carbonyl (C=O) groups excluding carboxylic acids is 1. The lowest BCUT2D eigenvalue weighted by Crippen LogP contribution is -2.30. The van der Waals surface area contributed by atoms with Crippen LogP contribution in [0.4, 0.5) is 4.79 Å². The van der Waals surface area contributed by atoms with Crippen molar-refractivity contribution in [1.29, 1.82) is 5.26 Å². The van der Waals surface area contributed by atoms with Gasteiger partial charge in [0.15, 0.2) is 0 Å². The molecule has 86 valence electrons. The molecule has 0 spiro atoms. The van der Waals surface area contributed by atoms with E-state index in [1.54, 1.807) is 0 Å². The quantitative estimate of drug-likeness (QED) is 0.754. The van der Waals surface area contributed by atoms with Gasteiger partial charge in [0.25, 0.3) is 0 Å². The van der Waals surface area contributed by atoms with Crippen LogP contribution in [0.3, 0.4) is 0 Å². The molecule has 1 unspecified atom stereocenters. The number of nitrogens with zero attached hydrogens (tertiary/aromatic N) is 1. The van der Waals surface area contributed by atoms with Gasteiger partial charge in [-0.25, -0.2) is 4.79 Å². The van der Waals surface area contributed by atoms with Crippen molar-refractivity contribution in [2.75, 3.05) is 0 Å². The second-order valence-corrected chi connectivity index (χ2v) is 5.47. The minimum atomic E-state index is -0.472. The van der Waals surface area contributed by atoms with E-state index in [2.05, 4.69) is 10.8 Å². The first-order chi connectivity index (χ1) is 6.85. The Kier molecular flexibility index (Phi) is 6.18. The molecule has 1 N–H and O–H groups in total. The number of nitrogens with one attached hydrogen (secondary N) is 1. The number of nitriles is 1. The first kappa shape index (κ1) is 14.1. The van der Waals surface area contributed by atoms with Crippen LogP contribution in [0.1, 0.15) is 40.5 Å². The Hall–Kier alpha value is -0.890. The largest absolute Gasteiger partial charge is 0.443 e. The van der Waals surface area contributed by atoms with Gasteiger partial charge in [0.2, 0.25) is 0 Å². The first-order valence-corrected chi connectivity index (χ1v) is 5.74. The van der Waals surface area contributed by atoms with Gasteiger partial charge in [-0.05, 0) is 39.1 Å². The third-order valence-electron chi connectivity index (χ3n) is 1.40. The normalized spacial score (nSPS) is 12.7. The van der Waals surface area contributed by atoms with Crippen LogP contribution in [0.15, 0.2) is 0 Å². The van der Waals surface area contributed by atoms with Gasteiger partial charge >= 0.3 is 6.09 Å². The average Bonchev–Trinajstić information content (AvgIpc) is 2.08. The third kappa shape index (κ3) is 9.42. The highest BCUT2D eigenvalue weighted by molar-refractivity contribution is 7.98. The van der Waals surface area contributed by atoms with E-state index in [0.29, 0.717) is 6.42 Å². The number of ether oxygens (including phenoxy) is 1. The molecule has 0 saturated heterocycles. The molecule has 0 radical (unpaired) electrons. The summed E-state index contributed by atoms with van der Waals surface area (Å²) in [6.07, 6.45) is 0.831. The van der Waals surface area contributed by atoms with Gasteiger partial charge < -0.3 is 4.74 Å². The zero-order chi connectivity index (χ0) is 11.9. The Morgan fingerprint density at radius 3 is 2.67 bits per heavy atom. The lowest BCUT2D eigenvalue weighted by atomic mass is 10.2. The second kappa shape index (κ2) is 6.57. The molecule has 15 heavy (non-hydrogen) atoms. The second-order valence-electron chi connectivity index (χ2n) is 4.23. The highest BCUT2D eigenvalue weighted by Crippen LogP contribution is 2.13. The fourth-order valence-corrected chi connectivity index (χ4v) is 1.35. The molecule has 1 amide bonds. The molecule has 0 saturated carbocycles. The van der Waals surface area contributed by atoms with Gasteiger partial charge in [-0.1, -0.05) is 6.92 Å². The summed E-state index contributed by atoms with van der Waals surface area (Å²) in [5, 5.41) is 8.59. The van der Waals surface area contributed by atoms with Crippen molar-refractivity contribution in [2.45, 2.75) is 51.4 Å². The summed E-state index contributed by atoms with van der Waals surface area (Å²) in [6, 6.07) is 2.07. The molecule has 0 aliphatic heterocycles. The van der Waals surface area contributed by atoms with E-state index in [1.807, 2.05) is 27.7 Å². The molecule has 0 heterocycles. The Morgan fingerprint density at radius 1 is 1.60 bits per heavy atom. The Morgan fingerprint density at radius 2 is 2.20 bits per heavy atom. The third-order valence-corrected chi connectivity index (χ3v) is 2.33. The van der Waals surface area contributed by atoms with Crippen LogP contribution in [-0.4, -0.2) is 16.9 Å². The number of hydrogen-bond acceptors (Lipinski definition) is 4. The lowest BCUT2D eigenvalue weighted by molar-refractivity contribution is 0.0574. The highest BCUT2D eigenvalue weighted by Gasteiger charge is 2.16. The standard InChI is InChI=1S/C10H18N2O2S/c1-8(6-5-7-11)15-12-9(13)14-10(2,3)4/h8H,5-6H2,1-4H3,(H,12,13). The summed E-state index contributed by atoms with van der Waals surface area (Å²) in [7, 11) is 0. The molecule has 0 aromatic carbocycles. The van der Waals surface area contributed by atoms with Gasteiger partial charge in [-0.3, -0.25) is 4.72 Å². The Bertz CT molecular complexity index is 243. The smallest absolute Gasteiger partial charge is 0.417 e. The van der Waals surface area contributed by atoms with Crippen molar-refractivity contribution in [3.8, 4) is 6.07 Å². The van der Waals surface area contributed by atoms with Crippen LogP contribution in [-0.2, 0) is 4.74 Å². The van der Waals surface area contributed by atoms with Crippen molar-refractivity contribution >= 4 is 18.0 Å². The molecular formula is C10H18N2O2S. The van der Waals surface area contributed by atoms with Crippen LogP contribution >= 0.6 is 11.9 Å². The Labute approximate surface area is 95.5 Å². The van der Waals surface area contributed by atoms with Gasteiger partial charge in [0.05, 0.1) is 6.07 Å². The van der Waals surface area contributed by atoms with Gasteiger partial charge in [-0.2, -0.15) is 5.26 Å². The zero-order valence-electron chi connectivity index (χ0n) is 9.66.